The predicted molar refractivity (Wildman–Crippen MR) is 130 cm³/mol. The number of thioether (sulfide) groups is 1. The molecule has 0 unspecified atom stereocenters. The van der Waals surface area contributed by atoms with E-state index in [0.29, 0.717) is 18.2 Å². The average Bonchev–Trinajstić information content (AvgIpc) is 3.19. The SMILES string of the molecule is CCN(CC)CCN(C(=O)CS(=O)(=O)c1ccccc1)c1nc2ccc(SC)cc2s1. The quantitative estimate of drug-likeness (QED) is 0.408. The molecule has 0 N–H and O–H groups in total. The number of likely N-dealkylation sites (N-methyl/N-ethyl adjacent to an activating group) is 1. The van der Waals surface area contributed by atoms with Crippen LogP contribution in [0.2, 0.25) is 0 Å². The van der Waals surface area contributed by atoms with Gasteiger partial charge in [-0.05, 0) is 49.7 Å². The molecule has 3 rings (SSSR count). The number of anilines is 1. The summed E-state index contributed by atoms with van der Waals surface area (Å²) in [6.45, 7) is 6.89. The number of fused-ring (bicyclic) bond motifs is 1. The average molecular weight is 478 g/mol. The number of amides is 1. The summed E-state index contributed by atoms with van der Waals surface area (Å²) in [5, 5.41) is 0.536. The highest BCUT2D eigenvalue weighted by Gasteiger charge is 2.26. The van der Waals surface area contributed by atoms with Gasteiger partial charge in [0.05, 0.1) is 15.1 Å². The minimum atomic E-state index is -3.73. The summed E-state index contributed by atoms with van der Waals surface area (Å²) >= 11 is 3.06. The number of rotatable bonds is 10. The number of carbonyl (C=O) groups excluding carboxylic acids is 1. The molecule has 166 valence electrons. The van der Waals surface area contributed by atoms with Gasteiger partial charge in [0, 0.05) is 18.0 Å². The fourth-order valence-electron chi connectivity index (χ4n) is 3.20. The van der Waals surface area contributed by atoms with Crippen LogP contribution in [-0.4, -0.2) is 62.4 Å². The van der Waals surface area contributed by atoms with Gasteiger partial charge in [-0.1, -0.05) is 43.4 Å². The zero-order chi connectivity index (χ0) is 22.4. The van der Waals surface area contributed by atoms with Crippen LogP contribution >= 0.6 is 23.1 Å². The van der Waals surface area contributed by atoms with E-state index >= 15 is 0 Å². The number of hydrogen-bond acceptors (Lipinski definition) is 7. The van der Waals surface area contributed by atoms with Gasteiger partial charge in [0.25, 0.3) is 0 Å². The molecule has 0 saturated carbocycles. The van der Waals surface area contributed by atoms with Gasteiger partial charge in [0.15, 0.2) is 15.0 Å². The van der Waals surface area contributed by atoms with Gasteiger partial charge in [-0.15, -0.1) is 11.8 Å². The summed E-state index contributed by atoms with van der Waals surface area (Å²) in [6, 6.07) is 14.1. The number of benzene rings is 2. The van der Waals surface area contributed by atoms with Crippen LogP contribution in [0, 0.1) is 0 Å². The topological polar surface area (TPSA) is 70.6 Å². The Morgan fingerprint density at radius 3 is 2.42 bits per heavy atom. The molecule has 1 heterocycles. The van der Waals surface area contributed by atoms with Gasteiger partial charge in [0.2, 0.25) is 5.91 Å². The number of carbonyl (C=O) groups is 1. The number of aromatic nitrogens is 1. The second-order valence-corrected chi connectivity index (χ2v) is 10.9. The van der Waals surface area contributed by atoms with E-state index in [4.69, 9.17) is 0 Å². The number of sulfone groups is 1. The minimum absolute atomic E-state index is 0.154. The number of thiazole rings is 1. The van der Waals surface area contributed by atoms with Gasteiger partial charge in [-0.3, -0.25) is 9.69 Å². The van der Waals surface area contributed by atoms with Crippen molar-refractivity contribution in [3.8, 4) is 0 Å². The fraction of sp³-hybridized carbons (Fsp3) is 0.364. The van der Waals surface area contributed by atoms with Crippen LogP contribution in [0.15, 0.2) is 58.3 Å². The van der Waals surface area contributed by atoms with E-state index in [1.165, 1.54) is 28.4 Å². The van der Waals surface area contributed by atoms with E-state index in [1.807, 2.05) is 18.4 Å². The van der Waals surface area contributed by atoms with E-state index in [1.54, 1.807) is 30.0 Å². The molecular weight excluding hydrogens is 450 g/mol. The van der Waals surface area contributed by atoms with Crippen LogP contribution < -0.4 is 4.90 Å². The minimum Gasteiger partial charge on any atom is -0.302 e. The molecule has 0 aliphatic carbocycles. The monoisotopic (exact) mass is 477 g/mol. The predicted octanol–water partition coefficient (Wildman–Crippen LogP) is 4.17. The van der Waals surface area contributed by atoms with Gasteiger partial charge >= 0.3 is 0 Å². The molecule has 0 bridgehead atoms. The standard InChI is InChI=1S/C22H27N3O3S3/c1-4-24(5-2)13-14-25(21(26)16-31(27,28)18-9-7-6-8-10-18)22-23-19-12-11-17(29-3)15-20(19)30-22/h6-12,15H,4-5,13-14,16H2,1-3H3. The Balaban J connectivity index is 1.91. The smallest absolute Gasteiger partial charge is 0.244 e. The van der Waals surface area contributed by atoms with Crippen molar-refractivity contribution in [3.05, 3.63) is 48.5 Å². The summed E-state index contributed by atoms with van der Waals surface area (Å²) in [5.41, 5.74) is 0.810. The van der Waals surface area contributed by atoms with E-state index in [-0.39, 0.29) is 4.90 Å². The third kappa shape index (κ3) is 5.85. The van der Waals surface area contributed by atoms with Crippen molar-refractivity contribution in [2.45, 2.75) is 23.6 Å². The van der Waals surface area contributed by atoms with Crippen molar-refractivity contribution in [3.63, 3.8) is 0 Å². The van der Waals surface area contributed by atoms with Crippen LogP contribution in [0.25, 0.3) is 10.2 Å². The molecule has 0 spiro atoms. The van der Waals surface area contributed by atoms with Crippen LogP contribution in [-0.2, 0) is 14.6 Å². The maximum Gasteiger partial charge on any atom is 0.244 e. The van der Waals surface area contributed by atoms with E-state index < -0.39 is 21.5 Å². The molecule has 2 aromatic carbocycles. The molecular formula is C22H27N3O3S3. The van der Waals surface area contributed by atoms with Crippen LogP contribution in [0.5, 0.6) is 0 Å². The maximum absolute atomic E-state index is 13.2. The molecule has 1 aromatic heterocycles. The summed E-state index contributed by atoms with van der Waals surface area (Å²) < 4.78 is 26.6. The highest BCUT2D eigenvalue weighted by molar-refractivity contribution is 7.98. The molecule has 0 aliphatic rings. The third-order valence-electron chi connectivity index (χ3n) is 5.07. The van der Waals surface area contributed by atoms with E-state index in [0.717, 1.165) is 28.2 Å². The Labute approximate surface area is 192 Å². The highest BCUT2D eigenvalue weighted by Crippen LogP contribution is 2.32. The first kappa shape index (κ1) is 23.7. The molecule has 0 fully saturated rings. The third-order valence-corrected chi connectivity index (χ3v) is 8.45. The molecule has 3 aromatic rings. The maximum atomic E-state index is 13.2. The second kappa shape index (κ2) is 10.6. The van der Waals surface area contributed by atoms with Crippen LogP contribution in [0.1, 0.15) is 13.8 Å². The fourth-order valence-corrected chi connectivity index (χ4v) is 5.98. The first-order valence-corrected chi connectivity index (χ1v) is 13.8. The van der Waals surface area contributed by atoms with Crippen molar-refractivity contribution in [1.29, 1.82) is 0 Å². The summed E-state index contributed by atoms with van der Waals surface area (Å²) in [4.78, 5) is 22.9. The summed E-state index contributed by atoms with van der Waals surface area (Å²) in [5.74, 6) is -1.04. The van der Waals surface area contributed by atoms with Crippen molar-refractivity contribution in [2.75, 3.05) is 43.1 Å². The molecule has 31 heavy (non-hydrogen) atoms. The first-order valence-electron chi connectivity index (χ1n) is 10.1. The zero-order valence-corrected chi connectivity index (χ0v) is 20.4. The molecule has 9 heteroatoms. The molecule has 6 nitrogen and oxygen atoms in total. The highest BCUT2D eigenvalue weighted by atomic mass is 32.2. The van der Waals surface area contributed by atoms with E-state index in [2.05, 4.69) is 29.8 Å². The normalized spacial score (nSPS) is 11.9. The molecule has 0 radical (unpaired) electrons. The Kier molecular flexibility index (Phi) is 8.10. The zero-order valence-electron chi connectivity index (χ0n) is 17.9. The van der Waals surface area contributed by atoms with Crippen molar-refractivity contribution in [1.82, 2.24) is 9.88 Å². The molecule has 0 saturated heterocycles. The lowest BCUT2D eigenvalue weighted by atomic mass is 10.3. The Hall–Kier alpha value is -1.94. The lowest BCUT2D eigenvalue weighted by Crippen LogP contribution is -2.41. The number of hydrogen-bond donors (Lipinski definition) is 0. The lowest BCUT2D eigenvalue weighted by molar-refractivity contribution is -0.116. The van der Waals surface area contributed by atoms with E-state index in [9.17, 15) is 13.2 Å². The largest absolute Gasteiger partial charge is 0.302 e. The van der Waals surface area contributed by atoms with Crippen LogP contribution in [0.3, 0.4) is 0 Å². The van der Waals surface area contributed by atoms with Crippen molar-refractivity contribution in [2.24, 2.45) is 0 Å². The Bertz CT molecular complexity index is 1130. The summed E-state index contributed by atoms with van der Waals surface area (Å²) in [6.07, 6.45) is 2.01. The number of nitrogens with zero attached hydrogens (tertiary/aromatic N) is 3. The second-order valence-electron chi connectivity index (χ2n) is 6.97. The van der Waals surface area contributed by atoms with Gasteiger partial charge in [-0.2, -0.15) is 0 Å². The molecule has 0 atom stereocenters. The van der Waals surface area contributed by atoms with Crippen molar-refractivity contribution < 1.29 is 13.2 Å². The van der Waals surface area contributed by atoms with Crippen LogP contribution in [0.4, 0.5) is 5.13 Å². The Morgan fingerprint density at radius 2 is 1.77 bits per heavy atom. The summed E-state index contributed by atoms with van der Waals surface area (Å²) in [7, 11) is -3.73. The molecule has 1 amide bonds. The molecule has 0 aliphatic heterocycles. The Morgan fingerprint density at radius 1 is 1.06 bits per heavy atom. The first-order chi connectivity index (χ1) is 14.9. The lowest BCUT2D eigenvalue weighted by Gasteiger charge is -2.24. The van der Waals surface area contributed by atoms with Crippen molar-refractivity contribution >= 4 is 54.2 Å². The van der Waals surface area contributed by atoms with Gasteiger partial charge in [-0.25, -0.2) is 13.4 Å². The van der Waals surface area contributed by atoms with Gasteiger partial charge < -0.3 is 4.90 Å². The van der Waals surface area contributed by atoms with Gasteiger partial charge in [0.1, 0.15) is 5.75 Å².